The largest absolute Gasteiger partial charge is 0.495 e. The van der Waals surface area contributed by atoms with Gasteiger partial charge in [0.1, 0.15) is 10.6 Å². The molecular formula is C18H17ClN2O4S. The van der Waals surface area contributed by atoms with E-state index in [1.807, 2.05) is 25.1 Å². The Morgan fingerprint density at radius 2 is 1.96 bits per heavy atom. The van der Waals surface area contributed by atoms with Crippen LogP contribution in [0.25, 0.3) is 10.9 Å². The van der Waals surface area contributed by atoms with Crippen molar-refractivity contribution in [1.29, 1.82) is 0 Å². The first-order chi connectivity index (χ1) is 12.3. The first kappa shape index (κ1) is 18.4. The fraction of sp³-hybridized carbons (Fsp3) is 0.167. The summed E-state index contributed by atoms with van der Waals surface area (Å²) in [6.45, 7) is 1.74. The topological polar surface area (TPSA) is 88.3 Å². The third-order valence-corrected chi connectivity index (χ3v) is 5.69. The van der Waals surface area contributed by atoms with E-state index in [4.69, 9.17) is 16.3 Å². The number of hydrogen-bond donors (Lipinski definition) is 2. The third kappa shape index (κ3) is 3.60. The zero-order valence-electron chi connectivity index (χ0n) is 14.2. The monoisotopic (exact) mass is 392 g/mol. The Bertz CT molecular complexity index is 1140. The molecule has 0 saturated heterocycles. The first-order valence-electron chi connectivity index (χ1n) is 7.76. The number of sulfonamides is 1. The Morgan fingerprint density at radius 3 is 2.69 bits per heavy atom. The van der Waals surface area contributed by atoms with E-state index in [0.29, 0.717) is 5.56 Å². The lowest BCUT2D eigenvalue weighted by atomic mass is 10.1. The molecule has 2 aromatic carbocycles. The second-order valence-corrected chi connectivity index (χ2v) is 7.95. The predicted molar refractivity (Wildman–Crippen MR) is 101 cm³/mol. The van der Waals surface area contributed by atoms with Crippen LogP contribution in [0.4, 0.5) is 0 Å². The molecule has 0 bridgehead atoms. The number of aromatic amines is 1. The quantitative estimate of drug-likeness (QED) is 0.698. The maximum absolute atomic E-state index is 12.6. The number of rotatable bonds is 5. The Morgan fingerprint density at radius 1 is 1.19 bits per heavy atom. The SMILES string of the molecule is COc1ccc(Cl)cc1S(=O)(=O)NCc1cc2cccc(C)c2[nH]c1=O. The summed E-state index contributed by atoms with van der Waals surface area (Å²) in [4.78, 5) is 15.0. The number of aromatic nitrogens is 1. The Hall–Kier alpha value is -2.35. The highest BCUT2D eigenvalue weighted by atomic mass is 35.5. The maximum Gasteiger partial charge on any atom is 0.252 e. The van der Waals surface area contributed by atoms with Crippen LogP contribution in [0.1, 0.15) is 11.1 Å². The summed E-state index contributed by atoms with van der Waals surface area (Å²) in [6.07, 6.45) is 0. The molecule has 0 amide bonds. The molecule has 0 aliphatic carbocycles. The molecule has 3 rings (SSSR count). The second kappa shape index (κ2) is 7.11. The van der Waals surface area contributed by atoms with E-state index in [1.54, 1.807) is 6.07 Å². The number of para-hydroxylation sites is 1. The zero-order valence-corrected chi connectivity index (χ0v) is 15.7. The highest BCUT2D eigenvalue weighted by molar-refractivity contribution is 7.89. The summed E-state index contributed by atoms with van der Waals surface area (Å²) in [6, 6.07) is 11.6. The van der Waals surface area contributed by atoms with Crippen LogP contribution in [-0.2, 0) is 16.6 Å². The Balaban J connectivity index is 1.94. The van der Waals surface area contributed by atoms with Gasteiger partial charge in [0.2, 0.25) is 10.0 Å². The maximum atomic E-state index is 12.6. The first-order valence-corrected chi connectivity index (χ1v) is 9.62. The van der Waals surface area contributed by atoms with E-state index in [0.717, 1.165) is 16.5 Å². The lowest BCUT2D eigenvalue weighted by Gasteiger charge is -2.11. The van der Waals surface area contributed by atoms with Gasteiger partial charge in [0.25, 0.3) is 5.56 Å². The molecule has 0 unspecified atom stereocenters. The second-order valence-electron chi connectivity index (χ2n) is 5.78. The zero-order chi connectivity index (χ0) is 18.9. The molecule has 0 fully saturated rings. The number of nitrogens with one attached hydrogen (secondary N) is 2. The molecule has 1 aromatic heterocycles. The highest BCUT2D eigenvalue weighted by Crippen LogP contribution is 2.27. The number of aryl methyl sites for hydroxylation is 1. The average Bonchev–Trinajstić information content (AvgIpc) is 2.61. The molecule has 0 spiro atoms. The molecule has 6 nitrogen and oxygen atoms in total. The van der Waals surface area contributed by atoms with Crippen LogP contribution in [-0.4, -0.2) is 20.5 Å². The fourth-order valence-corrected chi connectivity index (χ4v) is 4.11. The summed E-state index contributed by atoms with van der Waals surface area (Å²) in [5, 5.41) is 1.10. The number of ether oxygens (including phenoxy) is 1. The summed E-state index contributed by atoms with van der Waals surface area (Å²) in [5.74, 6) is 0.171. The van der Waals surface area contributed by atoms with Crippen molar-refractivity contribution in [1.82, 2.24) is 9.71 Å². The summed E-state index contributed by atoms with van der Waals surface area (Å²) >= 11 is 5.90. The molecule has 0 atom stereocenters. The molecule has 136 valence electrons. The van der Waals surface area contributed by atoms with E-state index >= 15 is 0 Å². The van der Waals surface area contributed by atoms with E-state index in [-0.39, 0.29) is 27.8 Å². The van der Waals surface area contributed by atoms with Crippen molar-refractivity contribution in [3.05, 3.63) is 69.0 Å². The predicted octanol–water partition coefficient (Wildman–Crippen LogP) is 2.98. The van der Waals surface area contributed by atoms with Crippen molar-refractivity contribution < 1.29 is 13.2 Å². The summed E-state index contributed by atoms with van der Waals surface area (Å²) in [7, 11) is -2.54. The lowest BCUT2D eigenvalue weighted by Crippen LogP contribution is -2.27. The van der Waals surface area contributed by atoms with Gasteiger partial charge in [-0.2, -0.15) is 0 Å². The molecule has 8 heteroatoms. The van der Waals surface area contributed by atoms with Gasteiger partial charge in [-0.1, -0.05) is 29.8 Å². The Kier molecular flexibility index (Phi) is 5.04. The minimum absolute atomic E-state index is 0.0828. The van der Waals surface area contributed by atoms with Crippen molar-refractivity contribution in [3.63, 3.8) is 0 Å². The van der Waals surface area contributed by atoms with Gasteiger partial charge >= 0.3 is 0 Å². The third-order valence-electron chi connectivity index (χ3n) is 4.03. The van der Waals surface area contributed by atoms with Gasteiger partial charge in [0.15, 0.2) is 0 Å². The minimum Gasteiger partial charge on any atom is -0.495 e. The van der Waals surface area contributed by atoms with E-state index in [2.05, 4.69) is 9.71 Å². The molecule has 3 aromatic rings. The van der Waals surface area contributed by atoms with E-state index < -0.39 is 10.0 Å². The van der Waals surface area contributed by atoms with E-state index in [9.17, 15) is 13.2 Å². The van der Waals surface area contributed by atoms with Gasteiger partial charge in [-0.3, -0.25) is 4.79 Å². The fourth-order valence-electron chi connectivity index (χ4n) is 2.67. The molecule has 0 saturated carbocycles. The van der Waals surface area contributed by atoms with Crippen molar-refractivity contribution in [2.24, 2.45) is 0 Å². The highest BCUT2D eigenvalue weighted by Gasteiger charge is 2.20. The number of pyridine rings is 1. The number of fused-ring (bicyclic) bond motifs is 1. The molecule has 2 N–H and O–H groups in total. The Labute approximate surface area is 155 Å². The van der Waals surface area contributed by atoms with Gasteiger partial charge in [-0.25, -0.2) is 13.1 Å². The average molecular weight is 393 g/mol. The van der Waals surface area contributed by atoms with Gasteiger partial charge in [0.05, 0.1) is 12.6 Å². The summed E-state index contributed by atoms with van der Waals surface area (Å²) in [5.41, 5.74) is 1.65. The van der Waals surface area contributed by atoms with Crippen LogP contribution in [0.5, 0.6) is 5.75 Å². The van der Waals surface area contributed by atoms with Gasteiger partial charge in [-0.15, -0.1) is 0 Å². The van der Waals surface area contributed by atoms with Crippen LogP contribution in [0.2, 0.25) is 5.02 Å². The number of hydrogen-bond acceptors (Lipinski definition) is 4. The van der Waals surface area contributed by atoms with Gasteiger partial charge in [0, 0.05) is 17.1 Å². The molecule has 1 heterocycles. The van der Waals surface area contributed by atoms with Crippen molar-refractivity contribution in [2.45, 2.75) is 18.4 Å². The van der Waals surface area contributed by atoms with Crippen LogP contribution >= 0.6 is 11.6 Å². The van der Waals surface area contributed by atoms with Crippen molar-refractivity contribution >= 4 is 32.5 Å². The molecule has 26 heavy (non-hydrogen) atoms. The van der Waals surface area contributed by atoms with Crippen LogP contribution in [0.15, 0.2) is 52.2 Å². The smallest absolute Gasteiger partial charge is 0.252 e. The van der Waals surface area contributed by atoms with Gasteiger partial charge in [-0.05, 0) is 42.1 Å². The lowest BCUT2D eigenvalue weighted by molar-refractivity contribution is 0.402. The van der Waals surface area contributed by atoms with Gasteiger partial charge < -0.3 is 9.72 Å². The summed E-state index contributed by atoms with van der Waals surface area (Å²) < 4.78 is 32.7. The normalized spacial score (nSPS) is 11.7. The van der Waals surface area contributed by atoms with Crippen molar-refractivity contribution in [3.8, 4) is 5.75 Å². The van der Waals surface area contributed by atoms with Crippen molar-refractivity contribution in [2.75, 3.05) is 7.11 Å². The standard InChI is InChI=1S/C18H17ClN2O4S/c1-11-4-3-5-12-8-13(18(22)21-17(11)12)10-20-26(23,24)16-9-14(19)6-7-15(16)25-2/h3-9,20H,10H2,1-2H3,(H,21,22). The van der Waals surface area contributed by atoms with Crippen LogP contribution in [0, 0.1) is 6.92 Å². The number of H-pyrrole nitrogens is 1. The van der Waals surface area contributed by atoms with Crippen LogP contribution in [0.3, 0.4) is 0 Å². The number of benzene rings is 2. The molecule has 0 aliphatic rings. The molecular weight excluding hydrogens is 376 g/mol. The molecule has 0 radical (unpaired) electrons. The number of halogens is 1. The minimum atomic E-state index is -3.91. The van der Waals surface area contributed by atoms with Crippen LogP contribution < -0.4 is 15.0 Å². The van der Waals surface area contributed by atoms with E-state index in [1.165, 1.54) is 25.3 Å². The number of methoxy groups -OCH3 is 1. The molecule has 0 aliphatic heterocycles.